The monoisotopic (exact) mass is 289 g/mol. The molecule has 112 valence electrons. The van der Waals surface area contributed by atoms with Gasteiger partial charge in [0.25, 0.3) is 10.2 Å². The van der Waals surface area contributed by atoms with Crippen molar-refractivity contribution in [2.75, 3.05) is 19.6 Å². The zero-order valence-electron chi connectivity index (χ0n) is 12.1. The molecule has 2 saturated heterocycles. The van der Waals surface area contributed by atoms with E-state index in [9.17, 15) is 8.42 Å². The van der Waals surface area contributed by atoms with Crippen molar-refractivity contribution in [3.8, 4) is 0 Å². The van der Waals surface area contributed by atoms with Crippen molar-refractivity contribution in [2.45, 2.75) is 58.0 Å². The van der Waals surface area contributed by atoms with Gasteiger partial charge in [0.2, 0.25) is 0 Å². The van der Waals surface area contributed by atoms with Crippen LogP contribution in [-0.4, -0.2) is 44.4 Å². The molecule has 0 bridgehead atoms. The molecule has 2 aliphatic heterocycles. The molecule has 0 spiro atoms. The number of nitrogens with zero attached hydrogens (tertiary/aromatic N) is 1. The van der Waals surface area contributed by atoms with Gasteiger partial charge in [0.15, 0.2) is 0 Å². The molecule has 2 N–H and O–H groups in total. The second-order valence-electron chi connectivity index (χ2n) is 6.06. The van der Waals surface area contributed by atoms with Gasteiger partial charge in [-0.3, -0.25) is 0 Å². The summed E-state index contributed by atoms with van der Waals surface area (Å²) in [6.07, 6.45) is 5.33. The summed E-state index contributed by atoms with van der Waals surface area (Å²) in [6.45, 7) is 6.32. The third kappa shape index (κ3) is 4.15. The Balaban J connectivity index is 1.83. The van der Waals surface area contributed by atoms with Crippen molar-refractivity contribution in [1.82, 2.24) is 14.3 Å². The Hall–Kier alpha value is -0.170. The van der Waals surface area contributed by atoms with Crippen LogP contribution in [0.5, 0.6) is 0 Å². The number of nitrogens with one attached hydrogen (secondary N) is 2. The van der Waals surface area contributed by atoms with Gasteiger partial charge in [-0.05, 0) is 52.0 Å². The van der Waals surface area contributed by atoms with E-state index in [-0.39, 0.29) is 6.04 Å². The van der Waals surface area contributed by atoms with Crippen molar-refractivity contribution in [3.05, 3.63) is 0 Å². The summed E-state index contributed by atoms with van der Waals surface area (Å²) in [5.41, 5.74) is 0. The van der Waals surface area contributed by atoms with E-state index in [0.29, 0.717) is 25.0 Å². The summed E-state index contributed by atoms with van der Waals surface area (Å²) in [4.78, 5) is 0. The molecule has 0 radical (unpaired) electrons. The highest BCUT2D eigenvalue weighted by Crippen LogP contribution is 2.20. The SMILES string of the molecule is CC1CCC(CNS(=O)(=O)N2CCCCC2C)CN1. The van der Waals surface area contributed by atoms with E-state index >= 15 is 0 Å². The molecule has 0 aromatic heterocycles. The molecule has 0 saturated carbocycles. The molecular weight excluding hydrogens is 262 g/mol. The second kappa shape index (κ2) is 6.52. The lowest BCUT2D eigenvalue weighted by Crippen LogP contribution is -2.50. The quantitative estimate of drug-likeness (QED) is 0.814. The standard InChI is InChI=1S/C13H27N3O2S/c1-11-6-7-13(9-14-11)10-15-19(17,18)16-8-4-3-5-12(16)2/h11-15H,3-10H2,1-2H3. The molecule has 3 unspecified atom stereocenters. The molecule has 2 fully saturated rings. The lowest BCUT2D eigenvalue weighted by molar-refractivity contribution is 0.262. The van der Waals surface area contributed by atoms with E-state index in [1.807, 2.05) is 6.92 Å². The van der Waals surface area contributed by atoms with Crippen molar-refractivity contribution in [2.24, 2.45) is 5.92 Å². The molecule has 0 amide bonds. The summed E-state index contributed by atoms with van der Waals surface area (Å²) in [5.74, 6) is 0.422. The van der Waals surface area contributed by atoms with Gasteiger partial charge >= 0.3 is 0 Å². The van der Waals surface area contributed by atoms with Crippen LogP contribution in [0.3, 0.4) is 0 Å². The maximum absolute atomic E-state index is 12.3. The maximum Gasteiger partial charge on any atom is 0.279 e. The fourth-order valence-electron chi connectivity index (χ4n) is 2.97. The summed E-state index contributed by atoms with van der Waals surface area (Å²) in [7, 11) is -3.29. The largest absolute Gasteiger partial charge is 0.314 e. The molecule has 5 nitrogen and oxygen atoms in total. The first-order chi connectivity index (χ1) is 8.99. The molecule has 0 aliphatic carbocycles. The number of hydrogen-bond acceptors (Lipinski definition) is 3. The maximum atomic E-state index is 12.3. The van der Waals surface area contributed by atoms with Gasteiger partial charge in [-0.2, -0.15) is 12.7 Å². The summed E-state index contributed by atoms with van der Waals surface area (Å²) in [5, 5.41) is 3.41. The Labute approximate surface area is 117 Å². The van der Waals surface area contributed by atoms with Crippen molar-refractivity contribution in [3.63, 3.8) is 0 Å². The minimum absolute atomic E-state index is 0.135. The molecule has 2 rings (SSSR count). The third-order valence-corrected chi connectivity index (χ3v) is 6.06. The van der Waals surface area contributed by atoms with Gasteiger partial charge in [-0.1, -0.05) is 6.42 Å². The zero-order chi connectivity index (χ0) is 13.9. The van der Waals surface area contributed by atoms with Crippen LogP contribution >= 0.6 is 0 Å². The lowest BCUT2D eigenvalue weighted by Gasteiger charge is -2.33. The number of piperidine rings is 2. The van der Waals surface area contributed by atoms with E-state index in [1.165, 1.54) is 0 Å². The molecular formula is C13H27N3O2S. The van der Waals surface area contributed by atoms with Crippen LogP contribution in [0.25, 0.3) is 0 Å². The van der Waals surface area contributed by atoms with Crippen LogP contribution in [-0.2, 0) is 10.2 Å². The van der Waals surface area contributed by atoms with Crippen LogP contribution in [0.1, 0.15) is 46.0 Å². The van der Waals surface area contributed by atoms with Crippen LogP contribution in [0.15, 0.2) is 0 Å². The van der Waals surface area contributed by atoms with E-state index < -0.39 is 10.2 Å². The van der Waals surface area contributed by atoms with E-state index in [4.69, 9.17) is 0 Å². The van der Waals surface area contributed by atoms with Crippen LogP contribution in [0.2, 0.25) is 0 Å². The molecule has 0 aromatic rings. The van der Waals surface area contributed by atoms with E-state index in [0.717, 1.165) is 38.6 Å². The van der Waals surface area contributed by atoms with Gasteiger partial charge in [0.1, 0.15) is 0 Å². The van der Waals surface area contributed by atoms with E-state index in [1.54, 1.807) is 4.31 Å². The second-order valence-corrected chi connectivity index (χ2v) is 7.77. The fraction of sp³-hybridized carbons (Fsp3) is 1.00. The highest BCUT2D eigenvalue weighted by atomic mass is 32.2. The van der Waals surface area contributed by atoms with Gasteiger partial charge in [-0.25, -0.2) is 4.72 Å². The van der Waals surface area contributed by atoms with Gasteiger partial charge in [0, 0.05) is 25.2 Å². The minimum atomic E-state index is -3.29. The summed E-state index contributed by atoms with van der Waals surface area (Å²) < 4.78 is 29.0. The van der Waals surface area contributed by atoms with Crippen LogP contribution in [0, 0.1) is 5.92 Å². The third-order valence-electron chi connectivity index (χ3n) is 4.37. The molecule has 2 aliphatic rings. The predicted octanol–water partition coefficient (Wildman–Crippen LogP) is 1.08. The Morgan fingerprint density at radius 3 is 2.63 bits per heavy atom. The average molecular weight is 289 g/mol. The van der Waals surface area contributed by atoms with Crippen molar-refractivity contribution < 1.29 is 8.42 Å². The zero-order valence-corrected chi connectivity index (χ0v) is 12.9. The Bertz CT molecular complexity index is 377. The minimum Gasteiger partial charge on any atom is -0.314 e. The molecule has 3 atom stereocenters. The Kier molecular flexibility index (Phi) is 5.22. The Morgan fingerprint density at radius 2 is 2.00 bits per heavy atom. The highest BCUT2D eigenvalue weighted by molar-refractivity contribution is 7.87. The smallest absolute Gasteiger partial charge is 0.279 e. The van der Waals surface area contributed by atoms with Crippen molar-refractivity contribution >= 4 is 10.2 Å². The van der Waals surface area contributed by atoms with Gasteiger partial charge in [0.05, 0.1) is 0 Å². The van der Waals surface area contributed by atoms with Crippen LogP contribution < -0.4 is 10.0 Å². The average Bonchev–Trinajstić information content (AvgIpc) is 2.38. The first-order valence-electron chi connectivity index (χ1n) is 7.49. The summed E-state index contributed by atoms with van der Waals surface area (Å²) >= 11 is 0. The summed E-state index contributed by atoms with van der Waals surface area (Å²) in [6, 6.07) is 0.700. The normalized spacial score (nSPS) is 34.3. The molecule has 0 aromatic carbocycles. The topological polar surface area (TPSA) is 61.4 Å². The first kappa shape index (κ1) is 15.2. The number of rotatable bonds is 4. The predicted molar refractivity (Wildman–Crippen MR) is 77.1 cm³/mol. The molecule has 6 heteroatoms. The fourth-order valence-corrected chi connectivity index (χ4v) is 4.53. The van der Waals surface area contributed by atoms with Crippen molar-refractivity contribution in [1.29, 1.82) is 0 Å². The van der Waals surface area contributed by atoms with Crippen LogP contribution in [0.4, 0.5) is 0 Å². The van der Waals surface area contributed by atoms with E-state index in [2.05, 4.69) is 17.0 Å². The highest BCUT2D eigenvalue weighted by Gasteiger charge is 2.30. The first-order valence-corrected chi connectivity index (χ1v) is 8.93. The molecule has 2 heterocycles. The lowest BCUT2D eigenvalue weighted by atomic mass is 9.96. The van der Waals surface area contributed by atoms with Gasteiger partial charge in [-0.15, -0.1) is 0 Å². The molecule has 19 heavy (non-hydrogen) atoms. The number of hydrogen-bond donors (Lipinski definition) is 2. The van der Waals surface area contributed by atoms with Gasteiger partial charge < -0.3 is 5.32 Å². The Morgan fingerprint density at radius 1 is 1.21 bits per heavy atom.